The largest absolute Gasteiger partial charge is 0.494 e. The zero-order valence-electron chi connectivity index (χ0n) is 12.7. The molecule has 0 amide bonds. The molecule has 0 aliphatic rings. The Hall–Kier alpha value is -1.91. The summed E-state index contributed by atoms with van der Waals surface area (Å²) >= 11 is 0. The Morgan fingerprint density at radius 2 is 1.86 bits per heavy atom. The van der Waals surface area contributed by atoms with E-state index in [0.29, 0.717) is 13.0 Å². The minimum Gasteiger partial charge on any atom is -0.494 e. The van der Waals surface area contributed by atoms with Gasteiger partial charge in [-0.15, -0.1) is 4.91 Å². The van der Waals surface area contributed by atoms with Crippen molar-refractivity contribution >= 4 is 5.97 Å². The summed E-state index contributed by atoms with van der Waals surface area (Å²) in [6, 6.07) is 8.73. The van der Waals surface area contributed by atoms with Crippen LogP contribution in [0.5, 0.6) is 5.75 Å². The van der Waals surface area contributed by atoms with Gasteiger partial charge in [0.05, 0.1) is 12.7 Å². The van der Waals surface area contributed by atoms with E-state index in [2.05, 4.69) is 5.18 Å². The van der Waals surface area contributed by atoms with E-state index in [4.69, 9.17) is 9.47 Å². The topological polar surface area (TPSA) is 65.0 Å². The fraction of sp³-hybridized carbons (Fsp3) is 0.562. The maximum Gasteiger partial charge on any atom is 0.334 e. The van der Waals surface area contributed by atoms with Crippen molar-refractivity contribution in [3.05, 3.63) is 35.2 Å². The van der Waals surface area contributed by atoms with Gasteiger partial charge in [-0.25, -0.2) is 4.79 Å². The molecule has 0 spiro atoms. The molecule has 0 aliphatic carbocycles. The molecule has 21 heavy (non-hydrogen) atoms. The van der Waals surface area contributed by atoms with E-state index in [1.165, 1.54) is 0 Å². The number of nitroso groups, excluding NO2 is 1. The molecule has 0 fully saturated rings. The van der Waals surface area contributed by atoms with Crippen molar-refractivity contribution in [3.63, 3.8) is 0 Å². The third-order valence-electron chi connectivity index (χ3n) is 2.89. The van der Waals surface area contributed by atoms with Crippen molar-refractivity contribution in [1.29, 1.82) is 0 Å². The van der Waals surface area contributed by atoms with E-state index in [-0.39, 0.29) is 6.10 Å². The molecule has 0 radical (unpaired) electrons. The van der Waals surface area contributed by atoms with Crippen LogP contribution in [-0.4, -0.2) is 24.7 Å². The molecule has 116 valence electrons. The van der Waals surface area contributed by atoms with Crippen molar-refractivity contribution in [1.82, 2.24) is 0 Å². The molecule has 1 aromatic carbocycles. The van der Waals surface area contributed by atoms with Gasteiger partial charge >= 0.3 is 5.97 Å². The summed E-state index contributed by atoms with van der Waals surface area (Å²) in [4.78, 5) is 22.2. The number of carbonyl (C=O) groups is 1. The number of esters is 1. The van der Waals surface area contributed by atoms with Crippen molar-refractivity contribution in [2.75, 3.05) is 6.61 Å². The Balaban J connectivity index is 2.12. The number of benzene rings is 1. The Morgan fingerprint density at radius 3 is 2.48 bits per heavy atom. The second kappa shape index (κ2) is 9.91. The smallest absolute Gasteiger partial charge is 0.334 e. The SMILES string of the molecule is CC(C)OC(=O)C(CCCCCOc1ccccc1)N=O. The van der Waals surface area contributed by atoms with Gasteiger partial charge in [0.2, 0.25) is 0 Å². The first-order valence-corrected chi connectivity index (χ1v) is 7.34. The van der Waals surface area contributed by atoms with E-state index in [9.17, 15) is 9.70 Å². The molecule has 0 N–H and O–H groups in total. The lowest BCUT2D eigenvalue weighted by molar-refractivity contribution is -0.149. The van der Waals surface area contributed by atoms with E-state index in [1.54, 1.807) is 13.8 Å². The molecular weight excluding hydrogens is 270 g/mol. The van der Waals surface area contributed by atoms with Crippen LogP contribution in [0.3, 0.4) is 0 Å². The van der Waals surface area contributed by atoms with Crippen LogP contribution in [0, 0.1) is 4.91 Å². The molecular formula is C16H23NO4. The second-order valence-electron chi connectivity index (χ2n) is 5.12. The first-order chi connectivity index (χ1) is 10.1. The number of nitrogens with zero attached hydrogens (tertiary/aromatic N) is 1. The Morgan fingerprint density at radius 1 is 1.14 bits per heavy atom. The van der Waals surface area contributed by atoms with Crippen molar-refractivity contribution in [2.45, 2.75) is 51.7 Å². The van der Waals surface area contributed by atoms with Crippen LogP contribution in [0.1, 0.15) is 39.5 Å². The number of hydrogen-bond acceptors (Lipinski definition) is 5. The van der Waals surface area contributed by atoms with Gasteiger partial charge in [0.15, 0.2) is 6.04 Å². The Bertz CT molecular complexity index is 420. The molecule has 1 aromatic rings. The van der Waals surface area contributed by atoms with Gasteiger partial charge in [0, 0.05) is 0 Å². The summed E-state index contributed by atoms with van der Waals surface area (Å²) < 4.78 is 10.5. The number of hydrogen-bond donors (Lipinski definition) is 0. The van der Waals surface area contributed by atoms with E-state index in [1.807, 2.05) is 30.3 Å². The highest BCUT2D eigenvalue weighted by molar-refractivity contribution is 5.76. The highest BCUT2D eigenvalue weighted by atomic mass is 16.5. The highest BCUT2D eigenvalue weighted by Gasteiger charge is 2.21. The highest BCUT2D eigenvalue weighted by Crippen LogP contribution is 2.12. The third-order valence-corrected chi connectivity index (χ3v) is 2.89. The van der Waals surface area contributed by atoms with Crippen LogP contribution in [0.2, 0.25) is 0 Å². The lowest BCUT2D eigenvalue weighted by atomic mass is 10.1. The summed E-state index contributed by atoms with van der Waals surface area (Å²) in [5.74, 6) is 0.325. The maximum absolute atomic E-state index is 11.5. The van der Waals surface area contributed by atoms with Crippen molar-refractivity contribution in [3.8, 4) is 5.75 Å². The first kappa shape index (κ1) is 17.1. The minimum atomic E-state index is -0.887. The molecule has 0 aromatic heterocycles. The van der Waals surface area contributed by atoms with Gasteiger partial charge in [-0.05, 0) is 45.2 Å². The second-order valence-corrected chi connectivity index (χ2v) is 5.12. The van der Waals surface area contributed by atoms with Gasteiger partial charge in [-0.3, -0.25) is 0 Å². The summed E-state index contributed by atoms with van der Waals surface area (Å²) in [6.45, 7) is 4.13. The van der Waals surface area contributed by atoms with Crippen LogP contribution in [0.15, 0.2) is 35.5 Å². The normalized spacial score (nSPS) is 12.0. The molecule has 1 rings (SSSR count). The van der Waals surface area contributed by atoms with E-state index >= 15 is 0 Å². The fourth-order valence-corrected chi connectivity index (χ4v) is 1.85. The lowest BCUT2D eigenvalue weighted by Crippen LogP contribution is -2.24. The Labute approximate surface area is 125 Å². The molecule has 0 saturated heterocycles. The molecule has 1 unspecified atom stereocenters. The molecule has 0 bridgehead atoms. The van der Waals surface area contributed by atoms with Crippen molar-refractivity contribution in [2.24, 2.45) is 5.18 Å². The maximum atomic E-state index is 11.5. The van der Waals surface area contributed by atoms with Gasteiger partial charge in [-0.1, -0.05) is 29.8 Å². The molecule has 0 heterocycles. The van der Waals surface area contributed by atoms with E-state index < -0.39 is 12.0 Å². The number of ether oxygens (including phenoxy) is 2. The zero-order chi connectivity index (χ0) is 15.5. The summed E-state index contributed by atoms with van der Waals surface area (Å²) in [5, 5.41) is 2.85. The third kappa shape index (κ3) is 7.44. The average molecular weight is 293 g/mol. The zero-order valence-corrected chi connectivity index (χ0v) is 12.7. The van der Waals surface area contributed by atoms with Gasteiger partial charge in [0.25, 0.3) is 0 Å². The predicted octanol–water partition coefficient (Wildman–Crippen LogP) is 3.71. The minimum absolute atomic E-state index is 0.221. The standard InChI is InChI=1S/C16H23NO4/c1-13(2)21-16(18)15(17-19)11-7-4-8-12-20-14-9-5-3-6-10-14/h3,5-6,9-10,13,15H,4,7-8,11-12H2,1-2H3. The van der Waals surface area contributed by atoms with Gasteiger partial charge in [-0.2, -0.15) is 0 Å². The predicted molar refractivity (Wildman–Crippen MR) is 81.2 cm³/mol. The molecule has 5 nitrogen and oxygen atoms in total. The summed E-state index contributed by atoms with van der Waals surface area (Å²) in [7, 11) is 0. The Kier molecular flexibility index (Phi) is 8.09. The van der Waals surface area contributed by atoms with Gasteiger partial charge < -0.3 is 9.47 Å². The van der Waals surface area contributed by atoms with Crippen LogP contribution in [-0.2, 0) is 9.53 Å². The summed E-state index contributed by atoms with van der Waals surface area (Å²) in [5.41, 5.74) is 0. The number of unbranched alkanes of at least 4 members (excludes halogenated alkanes) is 2. The molecule has 0 saturated carbocycles. The fourth-order valence-electron chi connectivity index (χ4n) is 1.85. The van der Waals surface area contributed by atoms with Crippen LogP contribution in [0.25, 0.3) is 0 Å². The molecule has 5 heteroatoms. The monoisotopic (exact) mass is 293 g/mol. The van der Waals surface area contributed by atoms with Crippen LogP contribution in [0.4, 0.5) is 0 Å². The van der Waals surface area contributed by atoms with Crippen molar-refractivity contribution < 1.29 is 14.3 Å². The molecule has 1 atom stereocenters. The van der Waals surface area contributed by atoms with E-state index in [0.717, 1.165) is 25.0 Å². The quantitative estimate of drug-likeness (QED) is 0.375. The number of para-hydroxylation sites is 1. The number of rotatable bonds is 10. The average Bonchev–Trinajstić information content (AvgIpc) is 2.46. The van der Waals surface area contributed by atoms with Crippen LogP contribution >= 0.6 is 0 Å². The lowest BCUT2D eigenvalue weighted by Gasteiger charge is -2.11. The van der Waals surface area contributed by atoms with Gasteiger partial charge in [0.1, 0.15) is 5.75 Å². The van der Waals surface area contributed by atoms with Crippen LogP contribution < -0.4 is 4.74 Å². The molecule has 0 aliphatic heterocycles. The number of carbonyl (C=O) groups excluding carboxylic acids is 1. The first-order valence-electron chi connectivity index (χ1n) is 7.34. The summed E-state index contributed by atoms with van der Waals surface area (Å²) in [6.07, 6.45) is 2.72.